The van der Waals surface area contributed by atoms with E-state index >= 15 is 0 Å². The molecular formula is C19H12Cl2N2S. The fourth-order valence-corrected chi connectivity index (χ4v) is 3.36. The van der Waals surface area contributed by atoms with E-state index < -0.39 is 0 Å². The van der Waals surface area contributed by atoms with E-state index in [9.17, 15) is 5.26 Å². The van der Waals surface area contributed by atoms with E-state index in [1.165, 1.54) is 11.3 Å². The van der Waals surface area contributed by atoms with E-state index in [1.807, 2.05) is 47.9 Å². The molecule has 1 aromatic heterocycles. The molecule has 3 aromatic rings. The second-order valence-corrected chi connectivity index (χ2v) is 6.90. The van der Waals surface area contributed by atoms with Crippen molar-refractivity contribution < 1.29 is 0 Å². The summed E-state index contributed by atoms with van der Waals surface area (Å²) < 4.78 is 0. The summed E-state index contributed by atoms with van der Waals surface area (Å²) in [6, 6.07) is 17.3. The molecule has 0 aliphatic rings. The maximum Gasteiger partial charge on any atom is 0.134 e. The van der Waals surface area contributed by atoms with Gasteiger partial charge < -0.3 is 0 Å². The van der Waals surface area contributed by atoms with E-state index in [0.717, 1.165) is 16.8 Å². The third-order valence-electron chi connectivity index (χ3n) is 3.36. The standard InChI is InChI=1S/C19H12Cl2N2S/c20-16-6-4-13(5-7-16)8-15(11-22)19-23-18(12-24-19)10-14-2-1-3-17(21)9-14/h1-9,12H,10H2/b15-8+. The normalized spacial score (nSPS) is 11.3. The predicted octanol–water partition coefficient (Wildman–Crippen LogP) is 6.10. The Morgan fingerprint density at radius 1 is 1.12 bits per heavy atom. The first-order valence-electron chi connectivity index (χ1n) is 7.20. The Morgan fingerprint density at radius 2 is 1.92 bits per heavy atom. The number of aromatic nitrogens is 1. The molecule has 0 atom stereocenters. The molecule has 2 nitrogen and oxygen atoms in total. The third-order valence-corrected chi connectivity index (χ3v) is 4.77. The Morgan fingerprint density at radius 3 is 2.62 bits per heavy atom. The topological polar surface area (TPSA) is 36.7 Å². The van der Waals surface area contributed by atoms with Gasteiger partial charge in [0.1, 0.15) is 11.1 Å². The number of halogens is 2. The number of nitrogens with zero attached hydrogens (tertiary/aromatic N) is 2. The van der Waals surface area contributed by atoms with Crippen molar-refractivity contribution in [2.75, 3.05) is 0 Å². The van der Waals surface area contributed by atoms with E-state index in [1.54, 1.807) is 12.1 Å². The van der Waals surface area contributed by atoms with Crippen LogP contribution in [0.3, 0.4) is 0 Å². The van der Waals surface area contributed by atoms with Crippen LogP contribution in [0.4, 0.5) is 0 Å². The zero-order chi connectivity index (χ0) is 16.9. The van der Waals surface area contributed by atoms with E-state index in [-0.39, 0.29) is 0 Å². The van der Waals surface area contributed by atoms with Crippen LogP contribution in [0.5, 0.6) is 0 Å². The van der Waals surface area contributed by atoms with Gasteiger partial charge in [0.05, 0.1) is 11.3 Å². The molecule has 0 saturated heterocycles. The molecule has 0 amide bonds. The fourth-order valence-electron chi connectivity index (χ4n) is 2.24. The van der Waals surface area contributed by atoms with Crippen molar-refractivity contribution >= 4 is 46.2 Å². The molecule has 0 radical (unpaired) electrons. The zero-order valence-corrected chi connectivity index (χ0v) is 14.9. The molecule has 0 N–H and O–H groups in total. The Kier molecular flexibility index (Phi) is 5.32. The van der Waals surface area contributed by atoms with Crippen molar-refractivity contribution in [3.8, 4) is 6.07 Å². The van der Waals surface area contributed by atoms with E-state index in [4.69, 9.17) is 23.2 Å². The molecule has 0 spiro atoms. The number of thiazole rings is 1. The first kappa shape index (κ1) is 16.7. The largest absolute Gasteiger partial charge is 0.240 e. The highest BCUT2D eigenvalue weighted by atomic mass is 35.5. The van der Waals surface area contributed by atoms with Crippen molar-refractivity contribution in [1.82, 2.24) is 4.98 Å². The lowest BCUT2D eigenvalue weighted by Gasteiger charge is -1.99. The second-order valence-electron chi connectivity index (χ2n) is 5.17. The van der Waals surface area contributed by atoms with Crippen molar-refractivity contribution in [2.45, 2.75) is 6.42 Å². The van der Waals surface area contributed by atoms with Gasteiger partial charge in [-0.1, -0.05) is 47.5 Å². The van der Waals surface area contributed by atoms with Gasteiger partial charge >= 0.3 is 0 Å². The fraction of sp³-hybridized carbons (Fsp3) is 0.0526. The van der Waals surface area contributed by atoms with Gasteiger partial charge in [-0.05, 0) is 41.5 Å². The van der Waals surface area contributed by atoms with Crippen LogP contribution in [0.1, 0.15) is 21.8 Å². The highest BCUT2D eigenvalue weighted by Gasteiger charge is 2.08. The lowest BCUT2D eigenvalue weighted by atomic mass is 10.1. The number of hydrogen-bond acceptors (Lipinski definition) is 3. The zero-order valence-electron chi connectivity index (χ0n) is 12.5. The molecular weight excluding hydrogens is 359 g/mol. The van der Waals surface area contributed by atoms with Crippen LogP contribution < -0.4 is 0 Å². The summed E-state index contributed by atoms with van der Waals surface area (Å²) in [6.45, 7) is 0. The minimum Gasteiger partial charge on any atom is -0.240 e. The Balaban J connectivity index is 1.83. The molecule has 0 fully saturated rings. The molecule has 0 saturated carbocycles. The average molecular weight is 371 g/mol. The molecule has 0 bridgehead atoms. The summed E-state index contributed by atoms with van der Waals surface area (Å²) in [7, 11) is 0. The number of benzene rings is 2. The first-order valence-corrected chi connectivity index (χ1v) is 8.84. The van der Waals surface area contributed by atoms with Crippen molar-refractivity contribution in [3.05, 3.63) is 85.8 Å². The lowest BCUT2D eigenvalue weighted by molar-refractivity contribution is 1.10. The van der Waals surface area contributed by atoms with Gasteiger partial charge in [0.15, 0.2) is 0 Å². The molecule has 2 aromatic carbocycles. The lowest BCUT2D eigenvalue weighted by Crippen LogP contribution is -1.89. The molecule has 1 heterocycles. The summed E-state index contributed by atoms with van der Waals surface area (Å²) in [4.78, 5) is 4.58. The second kappa shape index (κ2) is 7.63. The van der Waals surface area contributed by atoms with Gasteiger partial charge in [-0.3, -0.25) is 0 Å². The van der Waals surface area contributed by atoms with Gasteiger partial charge in [0.2, 0.25) is 0 Å². The van der Waals surface area contributed by atoms with Crippen LogP contribution in [0, 0.1) is 11.3 Å². The highest BCUT2D eigenvalue weighted by molar-refractivity contribution is 7.11. The van der Waals surface area contributed by atoms with Gasteiger partial charge in [0.25, 0.3) is 0 Å². The minimum atomic E-state index is 0.541. The predicted molar refractivity (Wildman–Crippen MR) is 101 cm³/mol. The number of hydrogen-bond donors (Lipinski definition) is 0. The van der Waals surface area contributed by atoms with Gasteiger partial charge in [0, 0.05) is 21.8 Å². The maximum absolute atomic E-state index is 9.44. The Bertz CT molecular complexity index is 921. The van der Waals surface area contributed by atoms with Crippen LogP contribution >= 0.6 is 34.5 Å². The SMILES string of the molecule is N#C/C(=C\c1ccc(Cl)cc1)c1nc(Cc2cccc(Cl)c2)cs1. The molecule has 118 valence electrons. The maximum atomic E-state index is 9.44. The van der Waals surface area contributed by atoms with Crippen LogP contribution in [0.25, 0.3) is 11.6 Å². The van der Waals surface area contributed by atoms with Gasteiger partial charge in [-0.15, -0.1) is 11.3 Å². The van der Waals surface area contributed by atoms with Crippen molar-refractivity contribution in [3.63, 3.8) is 0 Å². The molecule has 5 heteroatoms. The summed E-state index contributed by atoms with van der Waals surface area (Å²) in [5.41, 5.74) is 3.48. The third kappa shape index (κ3) is 4.24. The van der Waals surface area contributed by atoms with E-state index in [0.29, 0.717) is 27.0 Å². The minimum absolute atomic E-state index is 0.541. The molecule has 0 aliphatic carbocycles. The van der Waals surface area contributed by atoms with Crippen molar-refractivity contribution in [1.29, 1.82) is 5.26 Å². The molecule has 0 unspecified atom stereocenters. The number of rotatable bonds is 4. The monoisotopic (exact) mass is 370 g/mol. The van der Waals surface area contributed by atoms with Crippen LogP contribution in [-0.2, 0) is 6.42 Å². The Hall–Kier alpha value is -2.12. The summed E-state index contributed by atoms with van der Waals surface area (Å²) in [5, 5.41) is 13.5. The quantitative estimate of drug-likeness (QED) is 0.519. The highest BCUT2D eigenvalue weighted by Crippen LogP contribution is 2.24. The van der Waals surface area contributed by atoms with E-state index in [2.05, 4.69) is 11.1 Å². The summed E-state index contributed by atoms with van der Waals surface area (Å²) >= 11 is 13.4. The summed E-state index contributed by atoms with van der Waals surface area (Å²) in [5.74, 6) is 0. The van der Waals surface area contributed by atoms with Gasteiger partial charge in [-0.25, -0.2) is 4.98 Å². The number of allylic oxidation sites excluding steroid dienone is 1. The molecule has 3 rings (SSSR count). The molecule has 0 aliphatic heterocycles. The molecule has 24 heavy (non-hydrogen) atoms. The number of nitriles is 1. The van der Waals surface area contributed by atoms with Crippen LogP contribution in [-0.4, -0.2) is 4.98 Å². The smallest absolute Gasteiger partial charge is 0.134 e. The Labute approximate surface area is 154 Å². The van der Waals surface area contributed by atoms with Gasteiger partial charge in [-0.2, -0.15) is 5.26 Å². The average Bonchev–Trinajstić information content (AvgIpc) is 3.02. The first-order chi connectivity index (χ1) is 11.6. The van der Waals surface area contributed by atoms with Crippen molar-refractivity contribution in [2.24, 2.45) is 0 Å². The summed E-state index contributed by atoms with van der Waals surface area (Å²) in [6.07, 6.45) is 2.51. The van der Waals surface area contributed by atoms with Crippen LogP contribution in [0.2, 0.25) is 10.0 Å². The van der Waals surface area contributed by atoms with Crippen LogP contribution in [0.15, 0.2) is 53.9 Å².